The highest BCUT2D eigenvalue weighted by molar-refractivity contribution is 7.92. The van der Waals surface area contributed by atoms with E-state index < -0.39 is 27.9 Å². The lowest BCUT2D eigenvalue weighted by Gasteiger charge is -2.35. The van der Waals surface area contributed by atoms with Gasteiger partial charge in [0.1, 0.15) is 17.7 Å². The SMILES string of the molecule is COCC1CN(S(=O)(=O)c2ccc(F)cc2)c2cc(NC(=O)c3c(Cl)cccc3Cl)ccc2O1. The predicted molar refractivity (Wildman–Crippen MR) is 128 cm³/mol. The van der Waals surface area contributed by atoms with Crippen LogP contribution in [0, 0.1) is 5.82 Å². The molecular weight excluding hydrogens is 506 g/mol. The van der Waals surface area contributed by atoms with Gasteiger partial charge in [-0.3, -0.25) is 9.10 Å². The van der Waals surface area contributed by atoms with Crippen LogP contribution in [0.3, 0.4) is 0 Å². The number of anilines is 2. The van der Waals surface area contributed by atoms with E-state index in [4.69, 9.17) is 32.7 Å². The van der Waals surface area contributed by atoms with Crippen LogP contribution < -0.4 is 14.4 Å². The quantitative estimate of drug-likeness (QED) is 0.491. The van der Waals surface area contributed by atoms with Gasteiger partial charge < -0.3 is 14.8 Å². The summed E-state index contributed by atoms with van der Waals surface area (Å²) in [6.07, 6.45) is -0.574. The first kappa shape index (κ1) is 24.3. The van der Waals surface area contributed by atoms with E-state index in [1.165, 1.54) is 37.4 Å². The van der Waals surface area contributed by atoms with Crippen molar-refractivity contribution in [1.82, 2.24) is 0 Å². The van der Waals surface area contributed by atoms with E-state index in [0.29, 0.717) is 5.69 Å². The molecule has 1 unspecified atom stereocenters. The minimum Gasteiger partial charge on any atom is -0.484 e. The molecule has 0 aliphatic carbocycles. The van der Waals surface area contributed by atoms with Gasteiger partial charge in [0.15, 0.2) is 0 Å². The number of amides is 1. The van der Waals surface area contributed by atoms with Crippen LogP contribution in [0.5, 0.6) is 5.75 Å². The summed E-state index contributed by atoms with van der Waals surface area (Å²) in [5.41, 5.74) is 0.600. The molecule has 7 nitrogen and oxygen atoms in total. The van der Waals surface area contributed by atoms with Gasteiger partial charge in [0.2, 0.25) is 0 Å². The Morgan fingerprint density at radius 1 is 1.15 bits per heavy atom. The molecule has 1 N–H and O–H groups in total. The van der Waals surface area contributed by atoms with Gasteiger partial charge >= 0.3 is 0 Å². The van der Waals surface area contributed by atoms with Gasteiger partial charge in [0.05, 0.1) is 39.3 Å². The number of nitrogens with one attached hydrogen (secondary N) is 1. The molecule has 178 valence electrons. The Morgan fingerprint density at radius 3 is 2.47 bits per heavy atom. The zero-order valence-corrected chi connectivity index (χ0v) is 20.1. The first-order valence-corrected chi connectivity index (χ1v) is 12.2. The summed E-state index contributed by atoms with van der Waals surface area (Å²) in [5.74, 6) is -0.827. The predicted octanol–water partition coefficient (Wildman–Crippen LogP) is 4.99. The second kappa shape index (κ2) is 9.79. The third-order valence-electron chi connectivity index (χ3n) is 5.09. The first-order valence-electron chi connectivity index (χ1n) is 10.0. The second-order valence-electron chi connectivity index (χ2n) is 7.42. The van der Waals surface area contributed by atoms with E-state index in [1.807, 2.05) is 0 Å². The molecule has 0 saturated heterocycles. The number of hydrogen-bond acceptors (Lipinski definition) is 5. The summed E-state index contributed by atoms with van der Waals surface area (Å²) >= 11 is 12.2. The molecule has 11 heteroatoms. The van der Waals surface area contributed by atoms with E-state index >= 15 is 0 Å². The summed E-state index contributed by atoms with van der Waals surface area (Å²) in [6.45, 7) is 0.104. The molecule has 0 bridgehead atoms. The van der Waals surface area contributed by atoms with Crippen molar-refractivity contribution < 1.29 is 27.1 Å². The minimum absolute atomic E-state index is 0.0473. The van der Waals surface area contributed by atoms with Gasteiger partial charge in [-0.1, -0.05) is 29.3 Å². The number of carbonyl (C=O) groups is 1. The van der Waals surface area contributed by atoms with Crippen LogP contribution in [0.15, 0.2) is 65.6 Å². The Morgan fingerprint density at radius 2 is 1.82 bits per heavy atom. The molecule has 1 heterocycles. The molecule has 3 aromatic rings. The van der Waals surface area contributed by atoms with Crippen LogP contribution in [-0.2, 0) is 14.8 Å². The lowest BCUT2D eigenvalue weighted by atomic mass is 10.1. The van der Waals surface area contributed by atoms with E-state index in [9.17, 15) is 17.6 Å². The lowest BCUT2D eigenvalue weighted by Crippen LogP contribution is -2.45. The molecule has 1 amide bonds. The van der Waals surface area contributed by atoms with Gasteiger partial charge in [-0.2, -0.15) is 0 Å². The molecule has 1 aliphatic rings. The Kier molecular flexibility index (Phi) is 6.99. The number of methoxy groups -OCH3 is 1. The Bertz CT molecular complexity index is 1320. The third kappa shape index (κ3) is 4.83. The van der Waals surface area contributed by atoms with Crippen molar-refractivity contribution in [1.29, 1.82) is 0 Å². The molecule has 0 radical (unpaired) electrons. The fraction of sp³-hybridized carbons (Fsp3) is 0.174. The number of carbonyl (C=O) groups excluding carboxylic acids is 1. The zero-order chi connectivity index (χ0) is 24.5. The van der Waals surface area contributed by atoms with Gasteiger partial charge in [0, 0.05) is 12.8 Å². The molecule has 0 fully saturated rings. The first-order chi connectivity index (χ1) is 16.2. The number of fused-ring (bicyclic) bond motifs is 1. The maximum Gasteiger partial charge on any atom is 0.264 e. The Hall–Kier alpha value is -2.85. The molecule has 1 aliphatic heterocycles. The van der Waals surface area contributed by atoms with Crippen LogP contribution in [0.25, 0.3) is 0 Å². The summed E-state index contributed by atoms with van der Waals surface area (Å²) in [4.78, 5) is 12.7. The van der Waals surface area contributed by atoms with Crippen molar-refractivity contribution in [3.8, 4) is 5.75 Å². The number of benzene rings is 3. The fourth-order valence-electron chi connectivity index (χ4n) is 3.53. The highest BCUT2D eigenvalue weighted by atomic mass is 35.5. The average molecular weight is 525 g/mol. The molecule has 0 aromatic heterocycles. The van der Waals surface area contributed by atoms with Gasteiger partial charge in [-0.15, -0.1) is 0 Å². The zero-order valence-electron chi connectivity index (χ0n) is 17.8. The largest absolute Gasteiger partial charge is 0.484 e. The van der Waals surface area contributed by atoms with Crippen LogP contribution in [0.4, 0.5) is 15.8 Å². The van der Waals surface area contributed by atoms with Gasteiger partial charge in [0.25, 0.3) is 15.9 Å². The molecule has 4 rings (SSSR count). The number of nitrogens with zero attached hydrogens (tertiary/aromatic N) is 1. The summed E-state index contributed by atoms with van der Waals surface area (Å²) in [6, 6.07) is 13.8. The summed E-state index contributed by atoms with van der Waals surface area (Å²) in [7, 11) is -2.60. The van der Waals surface area contributed by atoms with Crippen LogP contribution in [-0.4, -0.2) is 40.7 Å². The Balaban J connectivity index is 1.72. The smallest absolute Gasteiger partial charge is 0.264 e. The topological polar surface area (TPSA) is 84.9 Å². The van der Waals surface area contributed by atoms with Crippen molar-refractivity contribution in [2.24, 2.45) is 0 Å². The highest BCUT2D eigenvalue weighted by Crippen LogP contribution is 2.39. The number of sulfonamides is 1. The van der Waals surface area contributed by atoms with Gasteiger partial charge in [-0.25, -0.2) is 12.8 Å². The van der Waals surface area contributed by atoms with Gasteiger partial charge in [-0.05, 0) is 54.6 Å². The maximum atomic E-state index is 13.4. The molecule has 0 spiro atoms. The van der Waals surface area contributed by atoms with Crippen LogP contribution in [0.2, 0.25) is 10.0 Å². The van der Waals surface area contributed by atoms with Crippen molar-refractivity contribution in [3.63, 3.8) is 0 Å². The monoisotopic (exact) mass is 524 g/mol. The number of halogens is 3. The molecule has 1 atom stereocenters. The molecule has 3 aromatic carbocycles. The molecule has 34 heavy (non-hydrogen) atoms. The van der Waals surface area contributed by atoms with Crippen molar-refractivity contribution in [2.45, 2.75) is 11.0 Å². The molecule has 0 saturated carbocycles. The Labute approximate surface area is 206 Å². The maximum absolute atomic E-state index is 13.4. The van der Waals surface area contributed by atoms with E-state index in [1.54, 1.807) is 18.2 Å². The van der Waals surface area contributed by atoms with E-state index in [2.05, 4.69) is 5.32 Å². The number of rotatable bonds is 6. The molecular formula is C23H19Cl2FN2O5S. The lowest BCUT2D eigenvalue weighted by molar-refractivity contribution is 0.0820. The third-order valence-corrected chi connectivity index (χ3v) is 7.52. The normalized spacial score (nSPS) is 15.4. The van der Waals surface area contributed by atoms with Crippen molar-refractivity contribution in [3.05, 3.63) is 82.1 Å². The van der Waals surface area contributed by atoms with E-state index in [0.717, 1.165) is 16.4 Å². The van der Waals surface area contributed by atoms with Crippen LogP contribution in [0.1, 0.15) is 10.4 Å². The number of hydrogen-bond donors (Lipinski definition) is 1. The van der Waals surface area contributed by atoms with Crippen molar-refractivity contribution >= 4 is 50.5 Å². The highest BCUT2D eigenvalue weighted by Gasteiger charge is 2.35. The summed E-state index contributed by atoms with van der Waals surface area (Å²) in [5, 5.41) is 3.04. The van der Waals surface area contributed by atoms with Crippen molar-refractivity contribution in [2.75, 3.05) is 29.9 Å². The second-order valence-corrected chi connectivity index (χ2v) is 10.1. The van der Waals surface area contributed by atoms with Crippen LogP contribution >= 0.6 is 23.2 Å². The van der Waals surface area contributed by atoms with E-state index in [-0.39, 0.29) is 45.1 Å². The minimum atomic E-state index is -4.08. The number of ether oxygens (including phenoxy) is 2. The fourth-order valence-corrected chi connectivity index (χ4v) is 5.60. The standard InChI is InChI=1S/C23H19Cl2FN2O5S/c1-32-13-16-12-28(34(30,31)17-8-5-14(26)6-9-17)20-11-15(7-10-21(20)33-16)27-23(29)22-18(24)3-2-4-19(22)25/h2-11,16H,12-13H2,1H3,(H,27,29). The average Bonchev–Trinajstić information content (AvgIpc) is 2.79. The summed E-state index contributed by atoms with van der Waals surface area (Å²) < 4.78 is 52.5.